The summed E-state index contributed by atoms with van der Waals surface area (Å²) in [7, 11) is 5.42. The molecule has 1 N–H and O–H groups in total. The Kier molecular flexibility index (Phi) is 3.36. The van der Waals surface area contributed by atoms with E-state index in [0.717, 1.165) is 21.3 Å². The van der Waals surface area contributed by atoms with Crippen LogP contribution >= 0.6 is 22.9 Å². The Morgan fingerprint density at radius 2 is 2.08 bits per heavy atom. The number of hydrogen-bond donors (Lipinski definition) is 1. The predicted octanol–water partition coefficient (Wildman–Crippen LogP) is 3.26. The monoisotopic (exact) mass is 359 g/mol. The van der Waals surface area contributed by atoms with E-state index in [1.54, 1.807) is 28.2 Å². The van der Waals surface area contributed by atoms with Crippen LogP contribution in [0, 0.1) is 0 Å². The summed E-state index contributed by atoms with van der Waals surface area (Å²) >= 11 is 8.05. The number of rotatable bonds is 2. The van der Waals surface area contributed by atoms with Gasteiger partial charge in [0.15, 0.2) is 0 Å². The lowest BCUT2D eigenvalue weighted by Crippen LogP contribution is -2.26. The number of thiazole rings is 1. The smallest absolute Gasteiger partial charge is 0.264 e. The zero-order valence-electron chi connectivity index (χ0n) is 13.3. The molecule has 0 spiro atoms. The molecule has 1 aromatic carbocycles. The summed E-state index contributed by atoms with van der Waals surface area (Å²) < 4.78 is 2.46. The molecule has 0 aliphatic heterocycles. The second kappa shape index (κ2) is 5.32. The fourth-order valence-corrected chi connectivity index (χ4v) is 3.99. The Balaban J connectivity index is 2.05. The summed E-state index contributed by atoms with van der Waals surface area (Å²) in [5.74, 6) is 0.588. The van der Waals surface area contributed by atoms with Crippen LogP contribution in [0.2, 0.25) is 5.02 Å². The fraction of sp³-hybridized carbons (Fsp3) is 0.188. The zero-order chi connectivity index (χ0) is 17.0. The van der Waals surface area contributed by atoms with Crippen molar-refractivity contribution in [3.05, 3.63) is 39.2 Å². The van der Waals surface area contributed by atoms with Gasteiger partial charge in [-0.25, -0.2) is 4.98 Å². The Bertz CT molecular complexity index is 1140. The third-order valence-corrected chi connectivity index (χ3v) is 5.38. The molecule has 122 valence electrons. The minimum atomic E-state index is -0.111. The molecule has 8 heteroatoms. The molecule has 0 radical (unpaired) electrons. The third kappa shape index (κ3) is 2.05. The quantitative estimate of drug-likeness (QED) is 0.596. The summed E-state index contributed by atoms with van der Waals surface area (Å²) in [5, 5.41) is 1.14. The largest absolute Gasteiger partial charge is 0.348 e. The van der Waals surface area contributed by atoms with Gasteiger partial charge in [0.2, 0.25) is 5.95 Å². The average Bonchev–Trinajstić information content (AvgIpc) is 3.18. The maximum absolute atomic E-state index is 12.9. The van der Waals surface area contributed by atoms with Gasteiger partial charge in [0.25, 0.3) is 5.56 Å². The maximum atomic E-state index is 12.9. The molecule has 4 aromatic rings. The van der Waals surface area contributed by atoms with E-state index in [4.69, 9.17) is 11.6 Å². The Hall–Kier alpha value is -2.38. The topological polar surface area (TPSA) is 66.8 Å². The number of anilines is 1. The Morgan fingerprint density at radius 3 is 2.83 bits per heavy atom. The molecule has 3 heterocycles. The highest BCUT2D eigenvalue weighted by Gasteiger charge is 2.18. The summed E-state index contributed by atoms with van der Waals surface area (Å²) in [6, 6.07) is 3.81. The van der Waals surface area contributed by atoms with Gasteiger partial charge in [-0.2, -0.15) is 4.98 Å². The molecule has 0 unspecified atom stereocenters. The van der Waals surface area contributed by atoms with Crippen LogP contribution in [0.25, 0.3) is 32.4 Å². The molecule has 0 atom stereocenters. The van der Waals surface area contributed by atoms with E-state index in [-0.39, 0.29) is 5.56 Å². The van der Waals surface area contributed by atoms with Gasteiger partial charge in [-0.15, -0.1) is 11.3 Å². The summed E-state index contributed by atoms with van der Waals surface area (Å²) in [4.78, 5) is 26.6. The average molecular weight is 360 g/mol. The SMILES string of the molecule is CN(C)c1nc2[nH]cc(-c3ccc4ncsc4c3Cl)c2c(=O)n1C. The first-order chi connectivity index (χ1) is 11.5. The first kappa shape index (κ1) is 15.2. The molecule has 0 saturated carbocycles. The molecular formula is C16H14ClN5OS. The number of benzene rings is 1. The lowest BCUT2D eigenvalue weighted by Gasteiger charge is -2.15. The first-order valence-corrected chi connectivity index (χ1v) is 8.52. The van der Waals surface area contributed by atoms with Crippen molar-refractivity contribution in [2.24, 2.45) is 7.05 Å². The predicted molar refractivity (Wildman–Crippen MR) is 99.3 cm³/mol. The van der Waals surface area contributed by atoms with Crippen LogP contribution in [0.4, 0.5) is 5.95 Å². The number of hydrogen-bond acceptors (Lipinski definition) is 5. The molecule has 0 amide bonds. The van der Waals surface area contributed by atoms with Crippen molar-refractivity contribution in [2.45, 2.75) is 0 Å². The van der Waals surface area contributed by atoms with Crippen molar-refractivity contribution in [1.29, 1.82) is 0 Å². The Labute approximate surface area is 146 Å². The molecular weight excluding hydrogens is 346 g/mol. The summed E-state index contributed by atoms with van der Waals surface area (Å²) in [6.07, 6.45) is 1.78. The summed E-state index contributed by atoms with van der Waals surface area (Å²) in [5.41, 5.74) is 4.62. The zero-order valence-corrected chi connectivity index (χ0v) is 14.9. The number of nitrogens with one attached hydrogen (secondary N) is 1. The van der Waals surface area contributed by atoms with Crippen molar-refractivity contribution in [3.63, 3.8) is 0 Å². The van der Waals surface area contributed by atoms with E-state index in [2.05, 4.69) is 15.0 Å². The molecule has 0 saturated heterocycles. The van der Waals surface area contributed by atoms with Crippen LogP contribution in [0.15, 0.2) is 28.6 Å². The second-order valence-electron chi connectivity index (χ2n) is 5.72. The first-order valence-electron chi connectivity index (χ1n) is 7.26. The third-order valence-electron chi connectivity index (χ3n) is 4.02. The number of nitrogens with zero attached hydrogens (tertiary/aromatic N) is 4. The van der Waals surface area contributed by atoms with Gasteiger partial charge < -0.3 is 9.88 Å². The lowest BCUT2D eigenvalue weighted by atomic mass is 10.1. The van der Waals surface area contributed by atoms with Gasteiger partial charge in [0, 0.05) is 38.5 Å². The van der Waals surface area contributed by atoms with Crippen LogP contribution in [-0.2, 0) is 7.05 Å². The van der Waals surface area contributed by atoms with Crippen molar-refractivity contribution in [2.75, 3.05) is 19.0 Å². The minimum absolute atomic E-state index is 0.111. The minimum Gasteiger partial charge on any atom is -0.348 e. The van der Waals surface area contributed by atoms with Crippen LogP contribution in [0.3, 0.4) is 0 Å². The lowest BCUT2D eigenvalue weighted by molar-refractivity contribution is 0.809. The fourth-order valence-electron chi connectivity index (χ4n) is 2.87. The van der Waals surface area contributed by atoms with Crippen molar-refractivity contribution in [3.8, 4) is 11.1 Å². The van der Waals surface area contributed by atoms with Crippen molar-refractivity contribution >= 4 is 50.1 Å². The standard InChI is InChI=1S/C16H14ClN5OS/c1-21(2)16-20-14-11(15(23)22(16)3)9(6-18-14)8-4-5-10-13(12(8)17)24-7-19-10/h4-7,18H,1-3H3. The molecule has 4 rings (SSSR count). The second-order valence-corrected chi connectivity index (χ2v) is 6.96. The number of aromatic nitrogens is 4. The number of H-pyrrole nitrogens is 1. The van der Waals surface area contributed by atoms with E-state index in [1.807, 2.05) is 26.2 Å². The number of fused-ring (bicyclic) bond motifs is 2. The highest BCUT2D eigenvalue weighted by Crippen LogP contribution is 2.38. The molecule has 0 fully saturated rings. The van der Waals surface area contributed by atoms with Gasteiger partial charge in [-0.3, -0.25) is 9.36 Å². The molecule has 3 aromatic heterocycles. The highest BCUT2D eigenvalue weighted by molar-refractivity contribution is 7.17. The van der Waals surface area contributed by atoms with Crippen molar-refractivity contribution in [1.82, 2.24) is 19.5 Å². The van der Waals surface area contributed by atoms with E-state index in [9.17, 15) is 4.79 Å². The van der Waals surface area contributed by atoms with Gasteiger partial charge in [0.1, 0.15) is 5.65 Å². The molecule has 0 bridgehead atoms. The van der Waals surface area contributed by atoms with Gasteiger partial charge in [0.05, 0.1) is 26.1 Å². The molecule has 24 heavy (non-hydrogen) atoms. The normalized spacial score (nSPS) is 11.5. The van der Waals surface area contributed by atoms with Gasteiger partial charge >= 0.3 is 0 Å². The van der Waals surface area contributed by atoms with E-state index in [0.29, 0.717) is 22.0 Å². The van der Waals surface area contributed by atoms with E-state index >= 15 is 0 Å². The van der Waals surface area contributed by atoms with Crippen molar-refractivity contribution < 1.29 is 0 Å². The maximum Gasteiger partial charge on any atom is 0.264 e. The number of halogens is 1. The summed E-state index contributed by atoms with van der Waals surface area (Å²) in [6.45, 7) is 0. The van der Waals surface area contributed by atoms with E-state index in [1.165, 1.54) is 11.3 Å². The Morgan fingerprint density at radius 1 is 1.29 bits per heavy atom. The highest BCUT2D eigenvalue weighted by atomic mass is 35.5. The van der Waals surface area contributed by atoms with Crippen LogP contribution in [-0.4, -0.2) is 33.6 Å². The van der Waals surface area contributed by atoms with Crippen LogP contribution in [0.5, 0.6) is 0 Å². The van der Waals surface area contributed by atoms with Crippen LogP contribution < -0.4 is 10.5 Å². The van der Waals surface area contributed by atoms with E-state index < -0.39 is 0 Å². The molecule has 0 aliphatic rings. The van der Waals surface area contributed by atoms with Gasteiger partial charge in [-0.1, -0.05) is 17.7 Å². The molecule has 0 aliphatic carbocycles. The van der Waals surface area contributed by atoms with Crippen LogP contribution in [0.1, 0.15) is 0 Å². The van der Waals surface area contributed by atoms with Gasteiger partial charge in [-0.05, 0) is 6.07 Å². The number of aromatic amines is 1. The molecule has 6 nitrogen and oxygen atoms in total.